The van der Waals surface area contributed by atoms with Gasteiger partial charge in [-0.1, -0.05) is 0 Å². The number of rotatable bonds is 5. The number of nitro groups is 1. The molecule has 0 fully saturated rings. The predicted octanol–water partition coefficient (Wildman–Crippen LogP) is 2.37. The quantitative estimate of drug-likeness (QED) is 0.521. The molecule has 0 aliphatic carbocycles. The van der Waals surface area contributed by atoms with Crippen molar-refractivity contribution in [2.45, 2.75) is 0 Å². The van der Waals surface area contributed by atoms with E-state index in [1.807, 2.05) is 0 Å². The molecular weight excluding hydrogens is 286 g/mol. The molecule has 0 aromatic heterocycles. The van der Waals surface area contributed by atoms with Crippen molar-refractivity contribution in [3.63, 3.8) is 0 Å². The normalized spacial score (nSPS) is 10.4. The molecule has 2 aromatic rings. The van der Waals surface area contributed by atoms with E-state index in [0.717, 1.165) is 11.3 Å². The van der Waals surface area contributed by atoms with E-state index in [1.54, 1.807) is 31.4 Å². The largest absolute Gasteiger partial charge is 0.497 e. The molecule has 1 amide bonds. The van der Waals surface area contributed by atoms with Crippen LogP contribution in [0.2, 0.25) is 0 Å². The summed E-state index contributed by atoms with van der Waals surface area (Å²) < 4.78 is 5.03. The van der Waals surface area contributed by atoms with Gasteiger partial charge in [-0.15, -0.1) is 0 Å². The van der Waals surface area contributed by atoms with Gasteiger partial charge in [0.05, 0.1) is 18.2 Å². The summed E-state index contributed by atoms with van der Waals surface area (Å²) in [6.45, 7) is 0. The third kappa shape index (κ3) is 3.89. The van der Waals surface area contributed by atoms with E-state index in [0.29, 0.717) is 0 Å². The van der Waals surface area contributed by atoms with Gasteiger partial charge in [0.2, 0.25) is 0 Å². The number of hydrogen-bond acceptors (Lipinski definition) is 5. The van der Waals surface area contributed by atoms with E-state index >= 15 is 0 Å². The SMILES string of the molecule is COc1ccc(C=NNC(=O)c2ccc([N+](=O)[O-])cc2)cc1. The molecule has 0 radical (unpaired) electrons. The summed E-state index contributed by atoms with van der Waals surface area (Å²) >= 11 is 0. The lowest BCUT2D eigenvalue weighted by atomic mass is 10.2. The first-order chi connectivity index (χ1) is 10.6. The van der Waals surface area contributed by atoms with Crippen molar-refractivity contribution < 1.29 is 14.5 Å². The Balaban J connectivity index is 1.96. The molecule has 2 aromatic carbocycles. The highest BCUT2D eigenvalue weighted by molar-refractivity contribution is 5.95. The van der Waals surface area contributed by atoms with Crippen LogP contribution in [0.1, 0.15) is 15.9 Å². The van der Waals surface area contributed by atoms with Gasteiger partial charge in [0.1, 0.15) is 5.75 Å². The number of nitro benzene ring substituents is 1. The molecule has 0 saturated heterocycles. The summed E-state index contributed by atoms with van der Waals surface area (Å²) in [7, 11) is 1.58. The van der Waals surface area contributed by atoms with Gasteiger partial charge in [-0.05, 0) is 42.0 Å². The maximum absolute atomic E-state index is 11.8. The Kier molecular flexibility index (Phi) is 4.81. The number of hydrazone groups is 1. The molecule has 0 aliphatic heterocycles. The first-order valence-corrected chi connectivity index (χ1v) is 6.32. The van der Waals surface area contributed by atoms with E-state index in [9.17, 15) is 14.9 Å². The lowest BCUT2D eigenvalue weighted by Crippen LogP contribution is -2.17. The zero-order chi connectivity index (χ0) is 15.9. The molecule has 22 heavy (non-hydrogen) atoms. The van der Waals surface area contributed by atoms with Crippen LogP contribution in [0, 0.1) is 10.1 Å². The van der Waals surface area contributed by atoms with Gasteiger partial charge in [-0.2, -0.15) is 5.10 Å². The number of hydrogen-bond donors (Lipinski definition) is 1. The second kappa shape index (κ2) is 6.98. The average molecular weight is 299 g/mol. The zero-order valence-corrected chi connectivity index (χ0v) is 11.7. The minimum Gasteiger partial charge on any atom is -0.497 e. The minimum atomic E-state index is -0.524. The fraction of sp³-hybridized carbons (Fsp3) is 0.0667. The molecule has 7 heteroatoms. The van der Waals surface area contributed by atoms with Crippen molar-refractivity contribution in [2.24, 2.45) is 5.10 Å². The standard InChI is InChI=1S/C15H13N3O4/c1-22-14-8-2-11(3-9-14)10-16-17-15(19)12-4-6-13(7-5-12)18(20)21/h2-10H,1H3,(H,17,19). The van der Waals surface area contributed by atoms with Crippen LogP contribution in [0.4, 0.5) is 5.69 Å². The average Bonchev–Trinajstić information content (AvgIpc) is 2.55. The van der Waals surface area contributed by atoms with Gasteiger partial charge in [0, 0.05) is 17.7 Å². The Morgan fingerprint density at radius 2 is 1.82 bits per heavy atom. The molecule has 0 bridgehead atoms. The molecule has 7 nitrogen and oxygen atoms in total. The topological polar surface area (TPSA) is 93.8 Å². The van der Waals surface area contributed by atoms with Gasteiger partial charge in [-0.25, -0.2) is 5.43 Å². The number of carbonyl (C=O) groups is 1. The van der Waals surface area contributed by atoms with Crippen LogP contribution in [-0.4, -0.2) is 24.2 Å². The number of amides is 1. The highest BCUT2D eigenvalue weighted by Gasteiger charge is 2.08. The van der Waals surface area contributed by atoms with E-state index in [4.69, 9.17) is 4.74 Å². The highest BCUT2D eigenvalue weighted by atomic mass is 16.6. The van der Waals surface area contributed by atoms with E-state index in [1.165, 1.54) is 30.5 Å². The van der Waals surface area contributed by atoms with Crippen molar-refractivity contribution in [1.29, 1.82) is 0 Å². The number of nitrogens with one attached hydrogen (secondary N) is 1. The Labute approximate surface area is 126 Å². The van der Waals surface area contributed by atoms with Crippen molar-refractivity contribution in [3.8, 4) is 5.75 Å². The number of methoxy groups -OCH3 is 1. The number of benzene rings is 2. The molecule has 0 unspecified atom stereocenters. The van der Waals surface area contributed by atoms with Crippen LogP contribution in [0.5, 0.6) is 5.75 Å². The molecular formula is C15H13N3O4. The maximum Gasteiger partial charge on any atom is 0.271 e. The lowest BCUT2D eigenvalue weighted by molar-refractivity contribution is -0.384. The molecule has 2 rings (SSSR count). The third-order valence-corrected chi connectivity index (χ3v) is 2.84. The number of ether oxygens (including phenoxy) is 1. The Morgan fingerprint density at radius 3 is 2.36 bits per heavy atom. The maximum atomic E-state index is 11.8. The molecule has 112 valence electrons. The predicted molar refractivity (Wildman–Crippen MR) is 81.2 cm³/mol. The van der Waals surface area contributed by atoms with E-state index in [-0.39, 0.29) is 11.3 Å². The van der Waals surface area contributed by atoms with Crippen molar-refractivity contribution in [2.75, 3.05) is 7.11 Å². The fourth-order valence-corrected chi connectivity index (χ4v) is 1.65. The smallest absolute Gasteiger partial charge is 0.271 e. The third-order valence-electron chi connectivity index (χ3n) is 2.84. The highest BCUT2D eigenvalue weighted by Crippen LogP contribution is 2.12. The second-order valence-electron chi connectivity index (χ2n) is 4.28. The molecule has 1 N–H and O–H groups in total. The van der Waals surface area contributed by atoms with Gasteiger partial charge in [0.15, 0.2) is 0 Å². The zero-order valence-electron chi connectivity index (χ0n) is 11.7. The Hall–Kier alpha value is -3.22. The molecule has 0 aliphatic rings. The van der Waals surface area contributed by atoms with Crippen LogP contribution in [-0.2, 0) is 0 Å². The molecule has 0 atom stereocenters. The first-order valence-electron chi connectivity index (χ1n) is 6.32. The molecule has 0 spiro atoms. The summed E-state index contributed by atoms with van der Waals surface area (Å²) in [4.78, 5) is 21.8. The van der Waals surface area contributed by atoms with E-state index < -0.39 is 10.8 Å². The molecule has 0 heterocycles. The van der Waals surface area contributed by atoms with Gasteiger partial charge in [0.25, 0.3) is 11.6 Å². The summed E-state index contributed by atoms with van der Waals surface area (Å²) in [5.41, 5.74) is 3.37. The van der Waals surface area contributed by atoms with Crippen molar-refractivity contribution >= 4 is 17.8 Å². The Morgan fingerprint density at radius 1 is 1.18 bits per heavy atom. The lowest BCUT2D eigenvalue weighted by Gasteiger charge is -2.00. The van der Waals surface area contributed by atoms with Crippen LogP contribution >= 0.6 is 0 Å². The summed E-state index contributed by atoms with van der Waals surface area (Å²) in [5, 5.41) is 14.4. The summed E-state index contributed by atoms with van der Waals surface area (Å²) in [6.07, 6.45) is 1.49. The minimum absolute atomic E-state index is 0.0710. The first kappa shape index (κ1) is 15.2. The van der Waals surface area contributed by atoms with Gasteiger partial charge < -0.3 is 4.74 Å². The van der Waals surface area contributed by atoms with Crippen LogP contribution in [0.15, 0.2) is 53.6 Å². The van der Waals surface area contributed by atoms with Gasteiger partial charge in [-0.3, -0.25) is 14.9 Å². The van der Waals surface area contributed by atoms with Crippen molar-refractivity contribution in [1.82, 2.24) is 5.43 Å². The number of carbonyl (C=O) groups excluding carboxylic acids is 1. The number of non-ortho nitro benzene ring substituents is 1. The fourth-order valence-electron chi connectivity index (χ4n) is 1.65. The monoisotopic (exact) mass is 299 g/mol. The summed E-state index contributed by atoms with van der Waals surface area (Å²) in [6, 6.07) is 12.4. The van der Waals surface area contributed by atoms with Gasteiger partial charge >= 0.3 is 0 Å². The second-order valence-corrected chi connectivity index (χ2v) is 4.28. The van der Waals surface area contributed by atoms with E-state index in [2.05, 4.69) is 10.5 Å². The van der Waals surface area contributed by atoms with Crippen molar-refractivity contribution in [3.05, 3.63) is 69.8 Å². The number of nitrogens with zero attached hydrogens (tertiary/aromatic N) is 2. The van der Waals surface area contributed by atoms with Crippen LogP contribution in [0.3, 0.4) is 0 Å². The summed E-state index contributed by atoms with van der Waals surface area (Å²) in [5.74, 6) is 0.284. The Bertz CT molecular complexity index is 694. The van der Waals surface area contributed by atoms with Crippen LogP contribution < -0.4 is 10.2 Å². The van der Waals surface area contributed by atoms with Crippen LogP contribution in [0.25, 0.3) is 0 Å². The molecule has 0 saturated carbocycles.